The zero-order valence-electron chi connectivity index (χ0n) is 10.1. The summed E-state index contributed by atoms with van der Waals surface area (Å²) in [6, 6.07) is 7.85. The van der Waals surface area contributed by atoms with Gasteiger partial charge in [-0.15, -0.1) is 0 Å². The Hall–Kier alpha value is -1.65. The number of carboxylic acids is 1. The fourth-order valence-electron chi connectivity index (χ4n) is 2.62. The summed E-state index contributed by atoms with van der Waals surface area (Å²) in [5.74, 6) is -0.835. The molecular weight excluding hydrogens is 232 g/mol. The SMILES string of the molecule is C[C@]12C=C[C@](CCC(=O)O)(OO1)c1ccccc12. The summed E-state index contributed by atoms with van der Waals surface area (Å²) in [7, 11) is 0. The predicted octanol–water partition coefficient (Wildman–Crippen LogP) is 2.49. The highest BCUT2D eigenvalue weighted by Crippen LogP contribution is 2.50. The minimum atomic E-state index is -0.835. The topological polar surface area (TPSA) is 55.8 Å². The second-order valence-electron chi connectivity index (χ2n) is 4.94. The van der Waals surface area contributed by atoms with Crippen LogP contribution in [-0.4, -0.2) is 11.1 Å². The summed E-state index contributed by atoms with van der Waals surface area (Å²) in [6.07, 6.45) is 4.27. The lowest BCUT2D eigenvalue weighted by atomic mass is 9.74. The van der Waals surface area contributed by atoms with Crippen molar-refractivity contribution in [1.29, 1.82) is 0 Å². The van der Waals surface area contributed by atoms with E-state index in [-0.39, 0.29) is 6.42 Å². The first-order valence-corrected chi connectivity index (χ1v) is 5.95. The second kappa shape index (κ2) is 3.67. The van der Waals surface area contributed by atoms with Crippen molar-refractivity contribution in [3.8, 4) is 0 Å². The van der Waals surface area contributed by atoms with Crippen molar-refractivity contribution < 1.29 is 19.7 Å². The maximum atomic E-state index is 10.8. The smallest absolute Gasteiger partial charge is 0.303 e. The highest BCUT2D eigenvalue weighted by molar-refractivity contribution is 5.67. The van der Waals surface area contributed by atoms with Gasteiger partial charge in [0.2, 0.25) is 0 Å². The van der Waals surface area contributed by atoms with E-state index in [1.807, 2.05) is 43.3 Å². The molecule has 4 nitrogen and oxygen atoms in total. The Kier molecular flexibility index (Phi) is 2.33. The molecule has 2 heterocycles. The van der Waals surface area contributed by atoms with Gasteiger partial charge in [0.1, 0.15) is 11.2 Å². The predicted molar refractivity (Wildman–Crippen MR) is 63.7 cm³/mol. The molecule has 0 amide bonds. The average molecular weight is 246 g/mol. The number of carboxylic acid groups (broad SMARTS) is 1. The zero-order valence-corrected chi connectivity index (χ0v) is 10.1. The van der Waals surface area contributed by atoms with Gasteiger partial charge in [-0.05, 0) is 36.6 Å². The fourth-order valence-corrected chi connectivity index (χ4v) is 2.62. The molecule has 4 heteroatoms. The first-order valence-electron chi connectivity index (χ1n) is 5.95. The standard InChI is InChI=1S/C14H14O4/c1-13-8-9-14(18-17-13,7-6-12(15)16)11-5-3-2-4-10(11)13/h2-5,8-9H,6-7H2,1H3,(H,15,16)/t13-,14+/m1/s1. The lowest BCUT2D eigenvalue weighted by molar-refractivity contribution is -0.420. The van der Waals surface area contributed by atoms with E-state index in [4.69, 9.17) is 14.9 Å². The van der Waals surface area contributed by atoms with Gasteiger partial charge in [-0.3, -0.25) is 4.79 Å². The number of aliphatic carboxylic acids is 1. The summed E-state index contributed by atoms with van der Waals surface area (Å²) in [6.45, 7) is 1.93. The van der Waals surface area contributed by atoms with Crippen molar-refractivity contribution in [2.24, 2.45) is 0 Å². The van der Waals surface area contributed by atoms with E-state index in [9.17, 15) is 4.79 Å². The van der Waals surface area contributed by atoms with Crippen molar-refractivity contribution >= 4 is 5.97 Å². The van der Waals surface area contributed by atoms with E-state index in [0.717, 1.165) is 11.1 Å². The highest BCUT2D eigenvalue weighted by Gasteiger charge is 2.49. The van der Waals surface area contributed by atoms with E-state index < -0.39 is 17.2 Å². The van der Waals surface area contributed by atoms with E-state index in [2.05, 4.69) is 0 Å². The van der Waals surface area contributed by atoms with Gasteiger partial charge in [-0.1, -0.05) is 24.3 Å². The average Bonchev–Trinajstić information content (AvgIpc) is 2.39. The number of benzene rings is 1. The summed E-state index contributed by atoms with van der Waals surface area (Å²) in [4.78, 5) is 21.7. The third-order valence-corrected chi connectivity index (χ3v) is 3.66. The third kappa shape index (κ3) is 1.50. The van der Waals surface area contributed by atoms with Gasteiger partial charge in [-0.25, -0.2) is 9.78 Å². The molecule has 3 aliphatic rings. The Bertz CT molecular complexity index is 536. The van der Waals surface area contributed by atoms with Gasteiger partial charge in [-0.2, -0.15) is 0 Å². The molecule has 1 aromatic rings. The molecule has 18 heavy (non-hydrogen) atoms. The molecule has 0 saturated heterocycles. The fraction of sp³-hybridized carbons (Fsp3) is 0.357. The maximum Gasteiger partial charge on any atom is 0.303 e. The van der Waals surface area contributed by atoms with Gasteiger partial charge in [0.05, 0.1) is 0 Å². The van der Waals surface area contributed by atoms with E-state index in [1.165, 1.54) is 0 Å². The van der Waals surface area contributed by atoms with E-state index >= 15 is 0 Å². The van der Waals surface area contributed by atoms with Crippen LogP contribution >= 0.6 is 0 Å². The van der Waals surface area contributed by atoms with Gasteiger partial charge in [0, 0.05) is 6.42 Å². The van der Waals surface area contributed by atoms with Crippen LogP contribution in [0.25, 0.3) is 0 Å². The third-order valence-electron chi connectivity index (χ3n) is 3.66. The van der Waals surface area contributed by atoms with Crippen LogP contribution < -0.4 is 0 Å². The number of hydrogen-bond acceptors (Lipinski definition) is 3. The molecule has 2 bridgehead atoms. The lowest BCUT2D eigenvalue weighted by Crippen LogP contribution is -2.45. The normalized spacial score (nSPS) is 32.3. The highest BCUT2D eigenvalue weighted by atomic mass is 17.2. The van der Waals surface area contributed by atoms with Crippen LogP contribution in [0.1, 0.15) is 30.9 Å². The number of carbonyl (C=O) groups is 1. The van der Waals surface area contributed by atoms with Crippen LogP contribution in [0.5, 0.6) is 0 Å². The van der Waals surface area contributed by atoms with Crippen LogP contribution in [0, 0.1) is 0 Å². The van der Waals surface area contributed by atoms with Crippen molar-refractivity contribution in [2.45, 2.75) is 31.0 Å². The number of fused-ring (bicyclic) bond motifs is 1. The van der Waals surface area contributed by atoms with Gasteiger partial charge in [0.25, 0.3) is 0 Å². The summed E-state index contributed by atoms with van der Waals surface area (Å²) in [5.41, 5.74) is 0.723. The maximum absolute atomic E-state index is 10.8. The Morgan fingerprint density at radius 1 is 1.22 bits per heavy atom. The van der Waals surface area contributed by atoms with Gasteiger partial charge < -0.3 is 5.11 Å². The quantitative estimate of drug-likeness (QED) is 0.657. The summed E-state index contributed by atoms with van der Waals surface area (Å²) >= 11 is 0. The first-order chi connectivity index (χ1) is 8.56. The molecule has 0 fully saturated rings. The first kappa shape index (κ1) is 11.4. The summed E-state index contributed by atoms with van der Waals surface area (Å²) in [5, 5.41) is 8.85. The van der Waals surface area contributed by atoms with E-state index in [0.29, 0.717) is 6.42 Å². The second-order valence-corrected chi connectivity index (χ2v) is 4.94. The molecule has 1 aliphatic carbocycles. The Balaban J connectivity index is 2.06. The molecule has 2 aliphatic heterocycles. The Morgan fingerprint density at radius 2 is 1.94 bits per heavy atom. The molecule has 1 N–H and O–H groups in total. The van der Waals surface area contributed by atoms with Gasteiger partial charge >= 0.3 is 5.97 Å². The van der Waals surface area contributed by atoms with E-state index in [1.54, 1.807) is 0 Å². The van der Waals surface area contributed by atoms with Crippen LogP contribution in [0.4, 0.5) is 0 Å². The molecule has 0 spiro atoms. The molecule has 0 unspecified atom stereocenters. The van der Waals surface area contributed by atoms with Crippen molar-refractivity contribution in [3.63, 3.8) is 0 Å². The lowest BCUT2D eigenvalue weighted by Gasteiger charge is -2.46. The molecular formula is C14H14O4. The Morgan fingerprint density at radius 3 is 2.56 bits per heavy atom. The number of rotatable bonds is 3. The molecule has 0 saturated carbocycles. The minimum Gasteiger partial charge on any atom is -0.481 e. The minimum absolute atomic E-state index is 0.0404. The molecule has 0 radical (unpaired) electrons. The molecule has 4 rings (SSSR count). The summed E-state index contributed by atoms with van der Waals surface area (Å²) < 4.78 is 0. The van der Waals surface area contributed by atoms with Crippen LogP contribution in [0.15, 0.2) is 36.4 Å². The van der Waals surface area contributed by atoms with Crippen LogP contribution in [0.2, 0.25) is 0 Å². The largest absolute Gasteiger partial charge is 0.481 e. The molecule has 2 atom stereocenters. The monoisotopic (exact) mass is 246 g/mol. The molecule has 94 valence electrons. The zero-order chi connectivity index (χ0) is 12.8. The number of hydrogen-bond donors (Lipinski definition) is 1. The van der Waals surface area contributed by atoms with Gasteiger partial charge in [0.15, 0.2) is 0 Å². The van der Waals surface area contributed by atoms with Crippen molar-refractivity contribution in [3.05, 3.63) is 47.5 Å². The van der Waals surface area contributed by atoms with Crippen molar-refractivity contribution in [2.75, 3.05) is 0 Å². The van der Waals surface area contributed by atoms with Crippen LogP contribution in [0.3, 0.4) is 0 Å². The molecule has 0 aromatic heterocycles. The van der Waals surface area contributed by atoms with Crippen LogP contribution in [-0.2, 0) is 25.8 Å². The molecule has 1 aromatic carbocycles. The van der Waals surface area contributed by atoms with Crippen molar-refractivity contribution in [1.82, 2.24) is 0 Å². The Labute approximate surface area is 105 Å².